The molecule has 0 spiro atoms. The number of oxime groups is 1. The molecule has 0 aliphatic rings. The zero-order chi connectivity index (χ0) is 10.4. The Bertz CT molecular complexity index is 403. The lowest BCUT2D eigenvalue weighted by Gasteiger charge is -1.96. The summed E-state index contributed by atoms with van der Waals surface area (Å²) in [6.07, 6.45) is 0.787. The van der Waals surface area contributed by atoms with E-state index in [0.717, 1.165) is 6.08 Å². The van der Waals surface area contributed by atoms with E-state index in [1.54, 1.807) is 30.3 Å². The lowest BCUT2D eigenvalue weighted by molar-refractivity contribution is 0.106. The Kier molecular flexibility index (Phi) is 3.35. The molecule has 0 amide bonds. The number of nitrogens with zero attached hydrogens (tertiary/aromatic N) is 1. The SMILES string of the molecule is O=C=C/C(=N\O)C(=O)c1ccccc1. The predicted octanol–water partition coefficient (Wildman–Crippen LogP) is 1.09. The molecule has 4 heteroatoms. The van der Waals surface area contributed by atoms with Gasteiger partial charge in [0.05, 0.1) is 6.08 Å². The second kappa shape index (κ2) is 4.74. The highest BCUT2D eigenvalue weighted by Gasteiger charge is 2.11. The maximum atomic E-state index is 11.5. The number of hydrogen-bond donors (Lipinski definition) is 1. The second-order valence-corrected chi connectivity index (χ2v) is 2.44. The van der Waals surface area contributed by atoms with E-state index in [9.17, 15) is 9.59 Å². The van der Waals surface area contributed by atoms with Crippen molar-refractivity contribution < 1.29 is 14.8 Å². The van der Waals surface area contributed by atoms with Gasteiger partial charge >= 0.3 is 0 Å². The minimum atomic E-state index is -0.517. The van der Waals surface area contributed by atoms with Crippen molar-refractivity contribution in [2.24, 2.45) is 5.16 Å². The van der Waals surface area contributed by atoms with E-state index >= 15 is 0 Å². The molecule has 70 valence electrons. The van der Waals surface area contributed by atoms with Gasteiger partial charge in [0.15, 0.2) is 5.71 Å². The van der Waals surface area contributed by atoms with Crippen LogP contribution in [-0.4, -0.2) is 22.6 Å². The molecule has 1 aromatic carbocycles. The zero-order valence-corrected chi connectivity index (χ0v) is 7.18. The zero-order valence-electron chi connectivity index (χ0n) is 7.18. The summed E-state index contributed by atoms with van der Waals surface area (Å²) in [7, 11) is 0. The third-order valence-corrected chi connectivity index (χ3v) is 1.57. The first-order valence-corrected chi connectivity index (χ1v) is 3.82. The molecule has 0 unspecified atom stereocenters. The Morgan fingerprint density at radius 1 is 1.36 bits per heavy atom. The minimum Gasteiger partial charge on any atom is -0.410 e. The van der Waals surface area contributed by atoms with Crippen LogP contribution in [0.25, 0.3) is 0 Å². The van der Waals surface area contributed by atoms with Gasteiger partial charge in [-0.05, 0) is 0 Å². The summed E-state index contributed by atoms with van der Waals surface area (Å²) in [5.41, 5.74) is 0.0259. The van der Waals surface area contributed by atoms with Gasteiger partial charge in [0, 0.05) is 5.56 Å². The van der Waals surface area contributed by atoms with Crippen molar-refractivity contribution in [1.82, 2.24) is 0 Å². The Morgan fingerprint density at radius 2 is 2.00 bits per heavy atom. The van der Waals surface area contributed by atoms with Crippen LogP contribution >= 0.6 is 0 Å². The summed E-state index contributed by atoms with van der Waals surface area (Å²) in [4.78, 5) is 21.5. The standard InChI is InChI=1S/C10H7NO3/c12-7-6-9(11-14)10(13)8-4-2-1-3-5-8/h1-6,14H/b11-9+. The van der Waals surface area contributed by atoms with Crippen LogP contribution in [0, 0.1) is 0 Å². The van der Waals surface area contributed by atoms with Gasteiger partial charge in [-0.25, -0.2) is 4.79 Å². The first kappa shape index (κ1) is 9.89. The number of hydrogen-bond acceptors (Lipinski definition) is 4. The first-order valence-electron chi connectivity index (χ1n) is 3.82. The lowest BCUT2D eigenvalue weighted by atomic mass is 10.1. The number of benzene rings is 1. The number of carbonyl (C=O) groups is 1. The molecule has 1 rings (SSSR count). The normalized spacial score (nSPS) is 10.4. The highest BCUT2D eigenvalue weighted by molar-refractivity contribution is 6.50. The number of carbonyl (C=O) groups excluding carboxylic acids is 2. The first-order chi connectivity index (χ1) is 6.79. The van der Waals surface area contributed by atoms with Crippen LogP contribution in [-0.2, 0) is 4.79 Å². The molecule has 0 radical (unpaired) electrons. The van der Waals surface area contributed by atoms with E-state index in [1.807, 2.05) is 0 Å². The predicted molar refractivity (Wildman–Crippen MR) is 50.3 cm³/mol. The van der Waals surface area contributed by atoms with Crippen molar-refractivity contribution in [1.29, 1.82) is 0 Å². The number of ketones is 1. The van der Waals surface area contributed by atoms with E-state index in [0.29, 0.717) is 5.56 Å². The van der Waals surface area contributed by atoms with Crippen LogP contribution in [0.15, 0.2) is 41.6 Å². The fourth-order valence-corrected chi connectivity index (χ4v) is 0.933. The van der Waals surface area contributed by atoms with E-state index in [2.05, 4.69) is 5.16 Å². The van der Waals surface area contributed by atoms with Crippen LogP contribution in [0.2, 0.25) is 0 Å². The molecule has 1 aromatic rings. The van der Waals surface area contributed by atoms with Crippen molar-refractivity contribution in [2.75, 3.05) is 0 Å². The highest BCUT2D eigenvalue weighted by atomic mass is 16.4. The summed E-state index contributed by atoms with van der Waals surface area (Å²) in [6, 6.07) is 8.22. The Hall–Kier alpha value is -2.19. The molecule has 0 atom stereocenters. The van der Waals surface area contributed by atoms with Crippen molar-refractivity contribution in [2.45, 2.75) is 0 Å². The molecule has 0 saturated heterocycles. The maximum Gasteiger partial charge on any atom is 0.215 e. The third-order valence-electron chi connectivity index (χ3n) is 1.57. The van der Waals surface area contributed by atoms with Gasteiger partial charge in [-0.15, -0.1) is 0 Å². The van der Waals surface area contributed by atoms with Crippen LogP contribution in [0.5, 0.6) is 0 Å². The molecular formula is C10H7NO3. The number of rotatable bonds is 3. The van der Waals surface area contributed by atoms with Crippen molar-refractivity contribution >= 4 is 17.4 Å². The van der Waals surface area contributed by atoms with E-state index in [4.69, 9.17) is 5.21 Å². The van der Waals surface area contributed by atoms with Gasteiger partial charge in [-0.2, -0.15) is 0 Å². The van der Waals surface area contributed by atoms with Gasteiger partial charge in [0.25, 0.3) is 0 Å². The summed E-state index contributed by atoms with van der Waals surface area (Å²) >= 11 is 0. The van der Waals surface area contributed by atoms with Gasteiger partial charge in [-0.1, -0.05) is 35.5 Å². The fourth-order valence-electron chi connectivity index (χ4n) is 0.933. The molecule has 4 nitrogen and oxygen atoms in total. The highest BCUT2D eigenvalue weighted by Crippen LogP contribution is 2.01. The van der Waals surface area contributed by atoms with Crippen LogP contribution in [0.1, 0.15) is 10.4 Å². The van der Waals surface area contributed by atoms with E-state index in [-0.39, 0.29) is 5.71 Å². The van der Waals surface area contributed by atoms with Crippen molar-refractivity contribution in [3.63, 3.8) is 0 Å². The Balaban J connectivity index is 3.02. The summed E-state index contributed by atoms with van der Waals surface area (Å²) in [5.74, 6) is 0.866. The summed E-state index contributed by atoms with van der Waals surface area (Å²) in [6.45, 7) is 0. The van der Waals surface area contributed by atoms with Crippen molar-refractivity contribution in [3.05, 3.63) is 42.0 Å². The summed E-state index contributed by atoms with van der Waals surface area (Å²) < 4.78 is 0. The van der Waals surface area contributed by atoms with E-state index < -0.39 is 5.78 Å². The largest absolute Gasteiger partial charge is 0.410 e. The van der Waals surface area contributed by atoms with E-state index in [1.165, 1.54) is 5.94 Å². The molecule has 0 bridgehead atoms. The topological polar surface area (TPSA) is 66.7 Å². The maximum absolute atomic E-state index is 11.5. The molecule has 0 fully saturated rings. The summed E-state index contributed by atoms with van der Waals surface area (Å²) in [5, 5.41) is 11.1. The molecule has 0 aliphatic carbocycles. The third kappa shape index (κ3) is 2.15. The molecule has 0 aromatic heterocycles. The van der Waals surface area contributed by atoms with Gasteiger partial charge in [0.2, 0.25) is 5.78 Å². The Labute approximate surface area is 80.2 Å². The van der Waals surface area contributed by atoms with Crippen LogP contribution < -0.4 is 0 Å². The van der Waals surface area contributed by atoms with Gasteiger partial charge < -0.3 is 5.21 Å². The lowest BCUT2D eigenvalue weighted by Crippen LogP contribution is -2.11. The molecule has 0 saturated carbocycles. The molecule has 14 heavy (non-hydrogen) atoms. The molecule has 0 aliphatic heterocycles. The quantitative estimate of drug-likeness (QED) is 0.254. The molecular weight excluding hydrogens is 182 g/mol. The second-order valence-electron chi connectivity index (χ2n) is 2.44. The number of allylic oxidation sites excluding steroid dienone is 1. The number of Topliss-reactive ketones (excluding diaryl/α,β-unsaturated/α-hetero) is 1. The van der Waals surface area contributed by atoms with Gasteiger partial charge in [0.1, 0.15) is 5.94 Å². The van der Waals surface area contributed by atoms with Gasteiger partial charge in [-0.3, -0.25) is 4.79 Å². The smallest absolute Gasteiger partial charge is 0.215 e. The minimum absolute atomic E-state index is 0.328. The molecule has 1 N–H and O–H groups in total. The molecule has 0 heterocycles. The Morgan fingerprint density at radius 3 is 2.50 bits per heavy atom. The van der Waals surface area contributed by atoms with Crippen LogP contribution in [0.3, 0.4) is 0 Å². The fraction of sp³-hybridized carbons (Fsp3) is 0. The average Bonchev–Trinajstić information content (AvgIpc) is 2.26. The monoisotopic (exact) mass is 189 g/mol. The van der Waals surface area contributed by atoms with Crippen LogP contribution in [0.4, 0.5) is 0 Å². The average molecular weight is 189 g/mol. The van der Waals surface area contributed by atoms with Crippen molar-refractivity contribution in [3.8, 4) is 0 Å².